The van der Waals surface area contributed by atoms with Gasteiger partial charge < -0.3 is 10.1 Å². The Labute approximate surface area is 113 Å². The summed E-state index contributed by atoms with van der Waals surface area (Å²) in [5.74, 6) is -0.554. The Bertz CT molecular complexity index is 425. The first kappa shape index (κ1) is 14.4. The van der Waals surface area contributed by atoms with Crippen LogP contribution < -0.4 is 5.32 Å². The van der Waals surface area contributed by atoms with Crippen molar-refractivity contribution in [3.05, 3.63) is 35.4 Å². The van der Waals surface area contributed by atoms with Crippen LogP contribution in [-0.4, -0.2) is 19.3 Å². The molecule has 0 saturated carbocycles. The summed E-state index contributed by atoms with van der Waals surface area (Å²) in [5, 5.41) is 3.29. The van der Waals surface area contributed by atoms with E-state index in [-0.39, 0.29) is 23.9 Å². The number of benzene rings is 1. The first-order chi connectivity index (χ1) is 9.17. The molecule has 1 aromatic rings. The lowest BCUT2D eigenvalue weighted by Crippen LogP contribution is -2.33. The molecule has 4 heteroatoms. The van der Waals surface area contributed by atoms with Crippen molar-refractivity contribution < 1.29 is 13.5 Å². The molecule has 0 amide bonds. The van der Waals surface area contributed by atoms with Gasteiger partial charge in [-0.25, -0.2) is 8.78 Å². The van der Waals surface area contributed by atoms with E-state index in [4.69, 9.17) is 4.74 Å². The van der Waals surface area contributed by atoms with Gasteiger partial charge in [0.25, 0.3) is 0 Å². The van der Waals surface area contributed by atoms with Crippen LogP contribution in [-0.2, 0) is 4.74 Å². The Morgan fingerprint density at radius 1 is 1.37 bits per heavy atom. The fraction of sp³-hybridized carbons (Fsp3) is 0.600. The third-order valence-corrected chi connectivity index (χ3v) is 3.81. The first-order valence-corrected chi connectivity index (χ1v) is 6.97. The number of ether oxygens (including phenoxy) is 1. The minimum absolute atomic E-state index is 0.117. The summed E-state index contributed by atoms with van der Waals surface area (Å²) < 4.78 is 33.0. The Kier molecular flexibility index (Phi) is 4.88. The molecule has 106 valence electrons. The predicted octanol–water partition coefficient (Wildman–Crippen LogP) is 3.43. The van der Waals surface area contributed by atoms with Crippen molar-refractivity contribution >= 4 is 0 Å². The Morgan fingerprint density at radius 3 is 2.84 bits per heavy atom. The zero-order valence-corrected chi connectivity index (χ0v) is 11.5. The average molecular weight is 269 g/mol. The Balaban J connectivity index is 2.31. The minimum atomic E-state index is -0.397. The van der Waals surface area contributed by atoms with Crippen molar-refractivity contribution in [3.8, 4) is 0 Å². The molecule has 3 unspecified atom stereocenters. The summed E-state index contributed by atoms with van der Waals surface area (Å²) in [6, 6.07) is 3.47. The second-order valence-corrected chi connectivity index (χ2v) is 4.97. The third-order valence-electron chi connectivity index (χ3n) is 3.81. The zero-order valence-electron chi connectivity index (χ0n) is 11.5. The normalized spacial score (nSPS) is 24.6. The summed E-state index contributed by atoms with van der Waals surface area (Å²) in [6.45, 7) is 5.45. The maximum Gasteiger partial charge on any atom is 0.128 e. The van der Waals surface area contributed by atoms with Gasteiger partial charge in [0.2, 0.25) is 0 Å². The zero-order chi connectivity index (χ0) is 13.8. The van der Waals surface area contributed by atoms with Crippen LogP contribution in [0.2, 0.25) is 0 Å². The summed E-state index contributed by atoms with van der Waals surface area (Å²) >= 11 is 0. The van der Waals surface area contributed by atoms with Gasteiger partial charge in [0, 0.05) is 24.1 Å². The van der Waals surface area contributed by atoms with Crippen LogP contribution in [0.25, 0.3) is 0 Å². The molecule has 3 atom stereocenters. The summed E-state index contributed by atoms with van der Waals surface area (Å²) in [5.41, 5.74) is 0.413. The molecule has 0 bridgehead atoms. The van der Waals surface area contributed by atoms with Gasteiger partial charge in [-0.2, -0.15) is 0 Å². The quantitative estimate of drug-likeness (QED) is 0.884. The van der Waals surface area contributed by atoms with Gasteiger partial charge in [-0.3, -0.25) is 0 Å². The van der Waals surface area contributed by atoms with Crippen molar-refractivity contribution in [2.45, 2.75) is 38.8 Å². The molecule has 1 saturated heterocycles. The van der Waals surface area contributed by atoms with Crippen molar-refractivity contribution in [2.24, 2.45) is 5.92 Å². The van der Waals surface area contributed by atoms with Crippen LogP contribution >= 0.6 is 0 Å². The van der Waals surface area contributed by atoms with E-state index >= 15 is 0 Å². The van der Waals surface area contributed by atoms with E-state index in [0.29, 0.717) is 18.7 Å². The molecule has 1 aliphatic heterocycles. The van der Waals surface area contributed by atoms with Gasteiger partial charge in [-0.15, -0.1) is 0 Å². The predicted molar refractivity (Wildman–Crippen MR) is 70.9 cm³/mol. The van der Waals surface area contributed by atoms with Crippen molar-refractivity contribution in [1.29, 1.82) is 0 Å². The highest BCUT2D eigenvalue weighted by atomic mass is 19.1. The van der Waals surface area contributed by atoms with E-state index in [1.54, 1.807) is 0 Å². The molecule has 1 aliphatic rings. The SMILES string of the molecule is CCNC(c1cc(F)ccc1F)C1CCOC1CC. The molecule has 2 rings (SSSR count). The second-order valence-electron chi connectivity index (χ2n) is 4.97. The molecule has 1 heterocycles. The van der Waals surface area contributed by atoms with Gasteiger partial charge >= 0.3 is 0 Å². The highest BCUT2D eigenvalue weighted by Gasteiger charge is 2.35. The first-order valence-electron chi connectivity index (χ1n) is 6.97. The molecule has 0 spiro atoms. The lowest BCUT2D eigenvalue weighted by molar-refractivity contribution is 0.0771. The van der Waals surface area contributed by atoms with Crippen LogP contribution in [0, 0.1) is 17.6 Å². The van der Waals surface area contributed by atoms with Crippen molar-refractivity contribution in [2.75, 3.05) is 13.2 Å². The van der Waals surface area contributed by atoms with Gasteiger partial charge in [-0.05, 0) is 37.6 Å². The topological polar surface area (TPSA) is 21.3 Å². The minimum Gasteiger partial charge on any atom is -0.378 e. The summed E-state index contributed by atoms with van der Waals surface area (Å²) in [6.07, 6.45) is 1.89. The van der Waals surface area contributed by atoms with Gasteiger partial charge in [-0.1, -0.05) is 13.8 Å². The van der Waals surface area contributed by atoms with E-state index in [1.807, 2.05) is 6.92 Å². The van der Waals surface area contributed by atoms with E-state index in [1.165, 1.54) is 12.1 Å². The lowest BCUT2D eigenvalue weighted by Gasteiger charge is -2.28. The molecule has 1 N–H and O–H groups in total. The number of halogens is 2. The number of hydrogen-bond donors (Lipinski definition) is 1. The largest absolute Gasteiger partial charge is 0.378 e. The maximum absolute atomic E-state index is 14.0. The third kappa shape index (κ3) is 3.12. The molecule has 0 aromatic heterocycles. The van der Waals surface area contributed by atoms with Gasteiger partial charge in [0.05, 0.1) is 6.10 Å². The van der Waals surface area contributed by atoms with E-state index < -0.39 is 5.82 Å². The molecular formula is C15H21F2NO. The Hall–Kier alpha value is -1.00. The highest BCUT2D eigenvalue weighted by Crippen LogP contribution is 2.36. The fourth-order valence-electron chi connectivity index (χ4n) is 2.93. The number of hydrogen-bond acceptors (Lipinski definition) is 2. The van der Waals surface area contributed by atoms with Crippen LogP contribution in [0.4, 0.5) is 8.78 Å². The highest BCUT2D eigenvalue weighted by molar-refractivity contribution is 5.23. The molecule has 19 heavy (non-hydrogen) atoms. The van der Waals surface area contributed by atoms with Gasteiger partial charge in [0.15, 0.2) is 0 Å². The second kappa shape index (κ2) is 6.44. The van der Waals surface area contributed by atoms with Crippen LogP contribution in [0.1, 0.15) is 38.3 Å². The van der Waals surface area contributed by atoms with E-state index in [2.05, 4.69) is 12.2 Å². The lowest BCUT2D eigenvalue weighted by atomic mass is 9.86. The standard InChI is InChI=1S/C15H21F2NO/c1-3-14-11(7-8-19-14)15(18-4-2)12-9-10(16)5-6-13(12)17/h5-6,9,11,14-15,18H,3-4,7-8H2,1-2H3. The Morgan fingerprint density at radius 2 is 2.16 bits per heavy atom. The van der Waals surface area contributed by atoms with E-state index in [9.17, 15) is 8.78 Å². The maximum atomic E-state index is 14.0. The van der Waals surface area contributed by atoms with Crippen LogP contribution in [0.5, 0.6) is 0 Å². The number of rotatable bonds is 5. The smallest absolute Gasteiger partial charge is 0.128 e. The van der Waals surface area contributed by atoms with E-state index in [0.717, 1.165) is 18.9 Å². The average Bonchev–Trinajstić information content (AvgIpc) is 2.87. The van der Waals surface area contributed by atoms with Crippen LogP contribution in [0.3, 0.4) is 0 Å². The fourth-order valence-corrected chi connectivity index (χ4v) is 2.93. The summed E-state index contributed by atoms with van der Waals surface area (Å²) in [7, 11) is 0. The molecule has 1 aromatic carbocycles. The van der Waals surface area contributed by atoms with Crippen LogP contribution in [0.15, 0.2) is 18.2 Å². The number of nitrogens with one attached hydrogen (secondary N) is 1. The van der Waals surface area contributed by atoms with Crippen molar-refractivity contribution in [3.63, 3.8) is 0 Å². The van der Waals surface area contributed by atoms with Gasteiger partial charge in [0.1, 0.15) is 11.6 Å². The van der Waals surface area contributed by atoms with Crippen molar-refractivity contribution in [1.82, 2.24) is 5.32 Å². The molecule has 1 fully saturated rings. The molecule has 0 aliphatic carbocycles. The monoisotopic (exact) mass is 269 g/mol. The molecule has 2 nitrogen and oxygen atoms in total. The molecule has 0 radical (unpaired) electrons. The summed E-state index contributed by atoms with van der Waals surface area (Å²) in [4.78, 5) is 0. The molecular weight excluding hydrogens is 248 g/mol.